The number of benzene rings is 3. The van der Waals surface area contributed by atoms with E-state index in [-0.39, 0.29) is 0 Å². The number of rotatable bonds is 1. The van der Waals surface area contributed by atoms with Crippen LogP contribution in [0.2, 0.25) is 0 Å². The lowest BCUT2D eigenvalue weighted by Crippen LogP contribution is -2.32. The molecule has 1 aromatic heterocycles. The van der Waals surface area contributed by atoms with Gasteiger partial charge in [-0.1, -0.05) is 24.3 Å². The molecule has 0 saturated heterocycles. The fraction of sp³-hybridized carbons (Fsp3) is 0.143. The number of hydrogen-bond acceptors (Lipinski definition) is 1. The zero-order valence-corrected chi connectivity index (χ0v) is 14.3. The molecular weight excluding hydrogens is 337 g/mol. The first-order valence-corrected chi connectivity index (χ1v) is 8.21. The van der Waals surface area contributed by atoms with E-state index in [2.05, 4.69) is 0 Å². The Morgan fingerprint density at radius 2 is 1.69 bits per heavy atom. The summed E-state index contributed by atoms with van der Waals surface area (Å²) in [6, 6.07) is 15.3. The molecule has 2 nitrogen and oxygen atoms in total. The van der Waals surface area contributed by atoms with Crippen molar-refractivity contribution in [3.63, 3.8) is 0 Å². The molecule has 0 saturated carbocycles. The Labute approximate surface area is 148 Å². The number of halogens is 3. The second kappa shape index (κ2) is 5.80. The molecule has 0 aliphatic heterocycles. The molecule has 0 bridgehead atoms. The minimum atomic E-state index is -4.35. The van der Waals surface area contributed by atoms with Crippen LogP contribution in [0.15, 0.2) is 60.8 Å². The van der Waals surface area contributed by atoms with Gasteiger partial charge in [0.2, 0.25) is 0 Å². The summed E-state index contributed by atoms with van der Waals surface area (Å²) >= 11 is 0. The number of aromatic nitrogens is 2. The quantitative estimate of drug-likeness (QED) is 0.339. The van der Waals surface area contributed by atoms with E-state index in [1.54, 1.807) is 12.1 Å². The van der Waals surface area contributed by atoms with Gasteiger partial charge in [0.1, 0.15) is 6.20 Å². The molecule has 0 N–H and O–H groups in total. The second-order valence-electron chi connectivity index (χ2n) is 6.42. The van der Waals surface area contributed by atoms with E-state index in [0.717, 1.165) is 39.3 Å². The fourth-order valence-electron chi connectivity index (χ4n) is 3.27. The van der Waals surface area contributed by atoms with E-state index in [1.165, 1.54) is 12.1 Å². The van der Waals surface area contributed by atoms with Gasteiger partial charge >= 0.3 is 12.0 Å². The van der Waals surface area contributed by atoms with Gasteiger partial charge < -0.3 is 0 Å². The van der Waals surface area contributed by atoms with Crippen LogP contribution in [0.3, 0.4) is 0 Å². The van der Waals surface area contributed by atoms with Gasteiger partial charge in [0.15, 0.2) is 5.52 Å². The zero-order valence-electron chi connectivity index (χ0n) is 14.3. The first-order valence-electron chi connectivity index (χ1n) is 8.21. The third-order valence-corrected chi connectivity index (χ3v) is 4.63. The van der Waals surface area contributed by atoms with Crippen molar-refractivity contribution in [3.8, 4) is 11.4 Å². The standard InChI is InChI=1S/C21H16F3N2/c1-13-5-3-4-6-16(13)20-25-19-10-7-14-11-15(21(22,23)24)8-9-17(14)18(19)12-26(20)2/h3-12H,1-2H3/q+1. The number of aryl methyl sites for hydroxylation is 2. The van der Waals surface area contributed by atoms with Crippen LogP contribution in [-0.2, 0) is 13.2 Å². The normalized spacial score (nSPS) is 12.0. The third kappa shape index (κ3) is 2.69. The number of hydrogen-bond donors (Lipinski definition) is 0. The Morgan fingerprint density at radius 1 is 0.923 bits per heavy atom. The van der Waals surface area contributed by atoms with Gasteiger partial charge in [-0.15, -0.1) is 0 Å². The van der Waals surface area contributed by atoms with Crippen LogP contribution in [0.25, 0.3) is 33.1 Å². The summed E-state index contributed by atoms with van der Waals surface area (Å²) in [6.07, 6.45) is -2.42. The number of alkyl halides is 3. The van der Waals surface area contributed by atoms with Crippen molar-refractivity contribution in [2.24, 2.45) is 7.05 Å². The predicted octanol–water partition coefficient (Wildman–Crippen LogP) is 5.21. The van der Waals surface area contributed by atoms with Crippen LogP contribution in [0.1, 0.15) is 11.1 Å². The molecule has 4 aromatic rings. The molecule has 1 heterocycles. The van der Waals surface area contributed by atoms with Crippen molar-refractivity contribution in [2.45, 2.75) is 13.1 Å². The van der Waals surface area contributed by atoms with Gasteiger partial charge in [-0.2, -0.15) is 13.2 Å². The van der Waals surface area contributed by atoms with Crippen LogP contribution in [0, 0.1) is 6.92 Å². The summed E-state index contributed by atoms with van der Waals surface area (Å²) in [5, 5.41) is 2.14. The minimum absolute atomic E-state index is 0.553. The highest BCUT2D eigenvalue weighted by Crippen LogP contribution is 2.33. The van der Waals surface area contributed by atoms with Crippen molar-refractivity contribution in [1.29, 1.82) is 0 Å². The van der Waals surface area contributed by atoms with E-state index in [1.807, 2.05) is 49.0 Å². The lowest BCUT2D eigenvalue weighted by Gasteiger charge is -2.09. The van der Waals surface area contributed by atoms with Crippen molar-refractivity contribution in [2.75, 3.05) is 0 Å². The molecular formula is C21H16F3N2+. The molecule has 0 spiro atoms. The number of nitrogens with zero attached hydrogens (tertiary/aromatic N) is 2. The lowest BCUT2D eigenvalue weighted by atomic mass is 10.0. The molecule has 0 aliphatic carbocycles. The van der Waals surface area contributed by atoms with Gasteiger partial charge in [-0.05, 0) is 58.6 Å². The van der Waals surface area contributed by atoms with Crippen LogP contribution in [0.4, 0.5) is 13.2 Å². The van der Waals surface area contributed by atoms with Crippen molar-refractivity contribution in [1.82, 2.24) is 4.98 Å². The molecule has 5 heteroatoms. The maximum Gasteiger partial charge on any atom is 0.416 e. The molecule has 0 unspecified atom stereocenters. The fourth-order valence-corrected chi connectivity index (χ4v) is 3.27. The molecule has 0 atom stereocenters. The van der Waals surface area contributed by atoms with Crippen molar-refractivity contribution < 1.29 is 17.7 Å². The van der Waals surface area contributed by atoms with Crippen molar-refractivity contribution >= 4 is 21.7 Å². The average molecular weight is 353 g/mol. The first kappa shape index (κ1) is 16.5. The molecule has 0 aliphatic rings. The summed E-state index contributed by atoms with van der Waals surface area (Å²) in [4.78, 5) is 4.77. The Bertz CT molecular complexity index is 1150. The molecule has 4 rings (SSSR count). The SMILES string of the molecule is Cc1ccccc1-c1nc2ccc3cc(C(F)(F)F)ccc3c2c[n+]1C. The maximum absolute atomic E-state index is 13.0. The van der Waals surface area contributed by atoms with Gasteiger partial charge in [0.25, 0.3) is 0 Å². The molecule has 3 aromatic carbocycles. The van der Waals surface area contributed by atoms with E-state index >= 15 is 0 Å². The Morgan fingerprint density at radius 3 is 2.42 bits per heavy atom. The lowest BCUT2D eigenvalue weighted by molar-refractivity contribution is -0.661. The summed E-state index contributed by atoms with van der Waals surface area (Å²) in [5.41, 5.74) is 2.27. The summed E-state index contributed by atoms with van der Waals surface area (Å²) < 4.78 is 40.8. The molecule has 0 fully saturated rings. The van der Waals surface area contributed by atoms with Gasteiger partial charge in [-0.3, -0.25) is 0 Å². The van der Waals surface area contributed by atoms with Gasteiger partial charge in [0.05, 0.1) is 23.6 Å². The Kier molecular flexibility index (Phi) is 3.68. The second-order valence-corrected chi connectivity index (χ2v) is 6.42. The van der Waals surface area contributed by atoms with Crippen LogP contribution in [-0.4, -0.2) is 4.98 Å². The summed E-state index contributed by atoms with van der Waals surface area (Å²) in [7, 11) is 1.90. The minimum Gasteiger partial charge on any atom is -0.232 e. The van der Waals surface area contributed by atoms with Crippen LogP contribution in [0.5, 0.6) is 0 Å². The molecule has 0 amide bonds. The average Bonchev–Trinajstić information content (AvgIpc) is 2.60. The number of fused-ring (bicyclic) bond motifs is 3. The van der Waals surface area contributed by atoms with E-state index in [9.17, 15) is 13.2 Å². The van der Waals surface area contributed by atoms with Gasteiger partial charge in [0, 0.05) is 0 Å². The molecule has 130 valence electrons. The highest BCUT2D eigenvalue weighted by atomic mass is 19.4. The highest BCUT2D eigenvalue weighted by molar-refractivity contribution is 6.05. The first-order chi connectivity index (χ1) is 12.3. The maximum atomic E-state index is 13.0. The zero-order chi connectivity index (χ0) is 18.5. The largest absolute Gasteiger partial charge is 0.416 e. The molecule has 0 radical (unpaired) electrons. The Hall–Kier alpha value is -2.95. The van der Waals surface area contributed by atoms with E-state index < -0.39 is 11.7 Å². The van der Waals surface area contributed by atoms with E-state index in [0.29, 0.717) is 5.39 Å². The van der Waals surface area contributed by atoms with E-state index in [4.69, 9.17) is 4.98 Å². The highest BCUT2D eigenvalue weighted by Gasteiger charge is 2.30. The van der Waals surface area contributed by atoms with Gasteiger partial charge in [-0.25, -0.2) is 4.57 Å². The molecule has 26 heavy (non-hydrogen) atoms. The smallest absolute Gasteiger partial charge is 0.232 e. The van der Waals surface area contributed by atoms with Crippen molar-refractivity contribution in [3.05, 3.63) is 71.9 Å². The third-order valence-electron chi connectivity index (χ3n) is 4.63. The monoisotopic (exact) mass is 353 g/mol. The van der Waals surface area contributed by atoms with Crippen LogP contribution >= 0.6 is 0 Å². The van der Waals surface area contributed by atoms with Crippen LogP contribution < -0.4 is 4.57 Å². The summed E-state index contributed by atoms with van der Waals surface area (Å²) in [5.74, 6) is 0.821. The Balaban J connectivity index is 1.96. The summed E-state index contributed by atoms with van der Waals surface area (Å²) in [6.45, 7) is 2.03. The topological polar surface area (TPSA) is 16.8 Å². The predicted molar refractivity (Wildman–Crippen MR) is 95.6 cm³/mol.